The molecule has 2 fully saturated rings. The molecule has 3 heteroatoms. The van der Waals surface area contributed by atoms with Gasteiger partial charge in [0.25, 0.3) is 0 Å². The monoisotopic (exact) mass is 218 g/mol. The molecule has 0 spiro atoms. The van der Waals surface area contributed by atoms with Crippen LogP contribution in [0.5, 0.6) is 0 Å². The summed E-state index contributed by atoms with van der Waals surface area (Å²) in [5.41, 5.74) is 2.29. The Morgan fingerprint density at radius 1 is 1.31 bits per heavy atom. The molecule has 0 saturated heterocycles. The summed E-state index contributed by atoms with van der Waals surface area (Å²) in [6, 6.07) is 2.12. The van der Waals surface area contributed by atoms with Crippen molar-refractivity contribution < 1.29 is 5.11 Å². The minimum Gasteiger partial charge on any atom is -0.393 e. The largest absolute Gasteiger partial charge is 0.393 e. The molecular weight excluding hydrogens is 200 g/mol. The van der Waals surface area contributed by atoms with E-state index in [2.05, 4.69) is 23.0 Å². The van der Waals surface area contributed by atoms with E-state index in [1.165, 1.54) is 5.69 Å². The molecule has 0 amide bonds. The fourth-order valence-corrected chi connectivity index (χ4v) is 3.24. The van der Waals surface area contributed by atoms with Gasteiger partial charge in [0, 0.05) is 23.7 Å². The van der Waals surface area contributed by atoms with Crippen molar-refractivity contribution in [3.05, 3.63) is 23.3 Å². The van der Waals surface area contributed by atoms with Gasteiger partial charge in [-0.2, -0.15) is 0 Å². The Bertz CT molecular complexity index is 406. The van der Waals surface area contributed by atoms with Crippen LogP contribution in [0.3, 0.4) is 0 Å². The van der Waals surface area contributed by atoms with Crippen LogP contribution in [-0.2, 0) is 6.42 Å². The Kier molecular flexibility index (Phi) is 2.25. The van der Waals surface area contributed by atoms with Crippen LogP contribution >= 0.6 is 0 Å². The highest BCUT2D eigenvalue weighted by Gasteiger charge is 2.57. The van der Waals surface area contributed by atoms with Crippen molar-refractivity contribution >= 4 is 0 Å². The minimum atomic E-state index is -0.0557. The summed E-state index contributed by atoms with van der Waals surface area (Å²) in [6.45, 7) is 4.13. The normalized spacial score (nSPS) is 36.2. The van der Waals surface area contributed by atoms with E-state index in [9.17, 15) is 5.11 Å². The first-order valence-electron chi connectivity index (χ1n) is 6.21. The topological polar surface area (TPSA) is 46.0 Å². The quantitative estimate of drug-likeness (QED) is 0.823. The number of aryl methyl sites for hydroxylation is 2. The first-order valence-corrected chi connectivity index (χ1v) is 6.21. The van der Waals surface area contributed by atoms with Crippen molar-refractivity contribution in [3.63, 3.8) is 0 Å². The van der Waals surface area contributed by atoms with Gasteiger partial charge in [-0.25, -0.2) is 9.97 Å². The zero-order valence-electron chi connectivity index (χ0n) is 9.85. The third-order valence-corrected chi connectivity index (χ3v) is 4.00. The van der Waals surface area contributed by atoms with Gasteiger partial charge in [0.1, 0.15) is 5.82 Å². The average Bonchev–Trinajstić information content (AvgIpc) is 2.76. The lowest BCUT2D eigenvalue weighted by molar-refractivity contribution is 0.165. The van der Waals surface area contributed by atoms with E-state index >= 15 is 0 Å². The first-order chi connectivity index (χ1) is 7.69. The predicted octanol–water partition coefficient (Wildman–Crippen LogP) is 1.83. The summed E-state index contributed by atoms with van der Waals surface area (Å²) in [5.74, 6) is 2.94. The first kappa shape index (κ1) is 10.2. The second-order valence-electron chi connectivity index (χ2n) is 5.18. The molecule has 0 radical (unpaired) electrons. The van der Waals surface area contributed by atoms with E-state index in [1.807, 2.05) is 6.92 Å². The van der Waals surface area contributed by atoms with Crippen molar-refractivity contribution in [2.45, 2.75) is 45.1 Å². The zero-order valence-corrected chi connectivity index (χ0v) is 9.85. The van der Waals surface area contributed by atoms with E-state index < -0.39 is 0 Å². The van der Waals surface area contributed by atoms with Crippen molar-refractivity contribution in [1.82, 2.24) is 9.97 Å². The van der Waals surface area contributed by atoms with Crippen molar-refractivity contribution in [3.8, 4) is 0 Å². The highest BCUT2D eigenvalue weighted by Crippen LogP contribution is 2.62. The van der Waals surface area contributed by atoms with Crippen LogP contribution in [0.1, 0.15) is 42.9 Å². The third-order valence-electron chi connectivity index (χ3n) is 4.00. The third kappa shape index (κ3) is 1.54. The maximum atomic E-state index is 9.52. The molecule has 16 heavy (non-hydrogen) atoms. The van der Waals surface area contributed by atoms with Crippen molar-refractivity contribution in [2.24, 2.45) is 11.8 Å². The molecule has 2 aliphatic carbocycles. The van der Waals surface area contributed by atoms with Crippen LogP contribution < -0.4 is 0 Å². The molecule has 0 aliphatic heterocycles. The van der Waals surface area contributed by atoms with Gasteiger partial charge in [-0.15, -0.1) is 0 Å². The van der Waals surface area contributed by atoms with Crippen LogP contribution in [0.25, 0.3) is 0 Å². The number of nitrogens with zero attached hydrogens (tertiary/aromatic N) is 2. The zero-order chi connectivity index (χ0) is 11.3. The molecule has 2 unspecified atom stereocenters. The summed E-state index contributed by atoms with van der Waals surface area (Å²) >= 11 is 0. The van der Waals surface area contributed by atoms with Gasteiger partial charge in [-0.1, -0.05) is 6.92 Å². The molecule has 2 aliphatic rings. The van der Waals surface area contributed by atoms with Crippen LogP contribution in [-0.4, -0.2) is 21.2 Å². The summed E-state index contributed by atoms with van der Waals surface area (Å²) < 4.78 is 0. The van der Waals surface area contributed by atoms with Gasteiger partial charge >= 0.3 is 0 Å². The summed E-state index contributed by atoms with van der Waals surface area (Å²) in [4.78, 5) is 9.04. The second-order valence-corrected chi connectivity index (χ2v) is 5.18. The Hall–Kier alpha value is -0.960. The minimum absolute atomic E-state index is 0.0557. The number of hydrogen-bond acceptors (Lipinski definition) is 3. The molecule has 4 atom stereocenters. The highest BCUT2D eigenvalue weighted by molar-refractivity contribution is 5.26. The molecule has 2 saturated carbocycles. The van der Waals surface area contributed by atoms with Crippen LogP contribution in [0.4, 0.5) is 0 Å². The molecule has 3 rings (SSSR count). The molecule has 86 valence electrons. The Balaban J connectivity index is 1.84. The van der Waals surface area contributed by atoms with E-state index in [4.69, 9.17) is 0 Å². The Labute approximate surface area is 95.9 Å². The van der Waals surface area contributed by atoms with Gasteiger partial charge in [-0.05, 0) is 37.7 Å². The summed E-state index contributed by atoms with van der Waals surface area (Å²) in [6.07, 6.45) is 2.79. The number of hydrogen-bond donors (Lipinski definition) is 1. The molecular formula is C13H18N2O. The van der Waals surface area contributed by atoms with Gasteiger partial charge in [0.15, 0.2) is 0 Å². The smallest absolute Gasteiger partial charge is 0.128 e. The number of fused-ring (bicyclic) bond motifs is 1. The predicted molar refractivity (Wildman–Crippen MR) is 61.1 cm³/mol. The van der Waals surface area contributed by atoms with Crippen molar-refractivity contribution in [2.75, 3.05) is 0 Å². The standard InChI is InChI=1S/C13H18N2O/c1-3-12-14-7(2)4-11(15-12)13-9-5-8(16)6-10(9)13/h4,8-10,13,16H,3,5-6H2,1-2H3/t8?,9-,10+,13?. The van der Waals surface area contributed by atoms with Gasteiger partial charge in [0.05, 0.1) is 6.10 Å². The van der Waals surface area contributed by atoms with E-state index in [0.717, 1.165) is 30.8 Å². The molecule has 0 aromatic carbocycles. The van der Waals surface area contributed by atoms with Gasteiger partial charge in [0.2, 0.25) is 0 Å². The number of aliphatic hydroxyl groups is 1. The summed E-state index contributed by atoms with van der Waals surface area (Å²) in [7, 11) is 0. The van der Waals surface area contributed by atoms with Crippen LogP contribution in [0, 0.1) is 18.8 Å². The SMILES string of the molecule is CCc1nc(C)cc(C2[C@H]3CC(O)C[C@@H]23)n1. The molecule has 3 nitrogen and oxygen atoms in total. The molecule has 1 aromatic heterocycles. The maximum Gasteiger partial charge on any atom is 0.128 e. The van der Waals surface area contributed by atoms with Crippen LogP contribution in [0.2, 0.25) is 0 Å². The van der Waals surface area contributed by atoms with Gasteiger partial charge < -0.3 is 5.11 Å². The van der Waals surface area contributed by atoms with Crippen molar-refractivity contribution in [1.29, 1.82) is 0 Å². The van der Waals surface area contributed by atoms with E-state index in [-0.39, 0.29) is 6.10 Å². The maximum absolute atomic E-state index is 9.52. The summed E-state index contributed by atoms with van der Waals surface area (Å²) in [5, 5.41) is 9.52. The molecule has 1 heterocycles. The Morgan fingerprint density at radius 2 is 2.00 bits per heavy atom. The number of rotatable bonds is 2. The molecule has 1 aromatic rings. The number of aromatic nitrogens is 2. The average molecular weight is 218 g/mol. The molecule has 0 bridgehead atoms. The lowest BCUT2D eigenvalue weighted by Crippen LogP contribution is -2.07. The van der Waals surface area contributed by atoms with Gasteiger partial charge in [-0.3, -0.25) is 0 Å². The van der Waals surface area contributed by atoms with Crippen LogP contribution in [0.15, 0.2) is 6.07 Å². The van der Waals surface area contributed by atoms with E-state index in [0.29, 0.717) is 17.8 Å². The highest BCUT2D eigenvalue weighted by atomic mass is 16.3. The fraction of sp³-hybridized carbons (Fsp3) is 0.692. The lowest BCUT2D eigenvalue weighted by Gasteiger charge is -2.09. The fourth-order valence-electron chi connectivity index (χ4n) is 3.24. The van der Waals surface area contributed by atoms with E-state index in [1.54, 1.807) is 0 Å². The second kappa shape index (κ2) is 3.52. The lowest BCUT2D eigenvalue weighted by atomic mass is 10.1. The number of aliphatic hydroxyl groups excluding tert-OH is 1. The molecule has 1 N–H and O–H groups in total. The Morgan fingerprint density at radius 3 is 2.62 bits per heavy atom.